The molecule has 7 heteroatoms. The molecule has 0 atom stereocenters. The van der Waals surface area contributed by atoms with E-state index in [1.165, 1.54) is 17.3 Å². The van der Waals surface area contributed by atoms with E-state index in [2.05, 4.69) is 38.9 Å². The van der Waals surface area contributed by atoms with E-state index < -0.39 is 6.61 Å². The summed E-state index contributed by atoms with van der Waals surface area (Å²) >= 11 is 0. The quantitative estimate of drug-likeness (QED) is 0.841. The molecular formula is C20H23F2N3O2. The molecule has 1 fully saturated rings. The second-order valence-electron chi connectivity index (χ2n) is 6.47. The van der Waals surface area contributed by atoms with Crippen LogP contribution in [0.1, 0.15) is 5.56 Å². The molecule has 1 heterocycles. The summed E-state index contributed by atoms with van der Waals surface area (Å²) in [5, 5.41) is 2.66. The number of alkyl halides is 2. The minimum absolute atomic E-state index is 0.0368. The van der Waals surface area contributed by atoms with Crippen LogP contribution in [0, 0.1) is 6.92 Å². The molecule has 0 bridgehead atoms. The van der Waals surface area contributed by atoms with Crippen molar-refractivity contribution < 1.29 is 18.3 Å². The van der Waals surface area contributed by atoms with Gasteiger partial charge in [-0.05, 0) is 30.7 Å². The number of nitrogens with one attached hydrogen (secondary N) is 1. The molecule has 144 valence electrons. The molecule has 1 aliphatic rings. The molecule has 2 aromatic carbocycles. The van der Waals surface area contributed by atoms with Gasteiger partial charge in [0.2, 0.25) is 5.91 Å². The number of hydrogen-bond acceptors (Lipinski definition) is 4. The van der Waals surface area contributed by atoms with E-state index in [0.717, 1.165) is 26.2 Å². The van der Waals surface area contributed by atoms with Crippen molar-refractivity contribution in [1.82, 2.24) is 4.90 Å². The number of ether oxygens (including phenoxy) is 1. The van der Waals surface area contributed by atoms with Crippen molar-refractivity contribution in [2.45, 2.75) is 13.5 Å². The van der Waals surface area contributed by atoms with E-state index in [4.69, 9.17) is 0 Å². The fourth-order valence-corrected chi connectivity index (χ4v) is 3.23. The summed E-state index contributed by atoms with van der Waals surface area (Å²) in [5.74, 6) is -0.283. The third-order valence-electron chi connectivity index (χ3n) is 4.57. The molecule has 1 amide bonds. The van der Waals surface area contributed by atoms with Crippen molar-refractivity contribution in [2.24, 2.45) is 0 Å². The summed E-state index contributed by atoms with van der Waals surface area (Å²) in [5.41, 5.74) is 2.71. The number of benzene rings is 2. The predicted molar refractivity (Wildman–Crippen MR) is 102 cm³/mol. The Bertz CT molecular complexity index is 777. The molecule has 0 aromatic heterocycles. The van der Waals surface area contributed by atoms with Crippen molar-refractivity contribution >= 4 is 17.3 Å². The van der Waals surface area contributed by atoms with Crippen LogP contribution >= 0.6 is 0 Å². The average molecular weight is 375 g/mol. The zero-order valence-electron chi connectivity index (χ0n) is 15.2. The van der Waals surface area contributed by atoms with Gasteiger partial charge in [0.1, 0.15) is 5.75 Å². The number of hydrogen-bond donors (Lipinski definition) is 1. The molecule has 3 rings (SSSR count). The highest BCUT2D eigenvalue weighted by Gasteiger charge is 2.20. The first-order valence-corrected chi connectivity index (χ1v) is 8.89. The molecule has 1 N–H and O–H groups in total. The van der Waals surface area contributed by atoms with Gasteiger partial charge in [-0.3, -0.25) is 9.69 Å². The molecular weight excluding hydrogens is 352 g/mol. The van der Waals surface area contributed by atoms with Crippen LogP contribution < -0.4 is 15.0 Å². The number of carbonyl (C=O) groups is 1. The largest absolute Gasteiger partial charge is 0.433 e. The summed E-state index contributed by atoms with van der Waals surface area (Å²) < 4.78 is 29.4. The van der Waals surface area contributed by atoms with Crippen molar-refractivity contribution in [3.8, 4) is 5.75 Å². The highest BCUT2D eigenvalue weighted by molar-refractivity contribution is 5.93. The molecule has 0 spiro atoms. The minimum atomic E-state index is -2.93. The van der Waals surface area contributed by atoms with E-state index in [1.807, 2.05) is 12.1 Å². The van der Waals surface area contributed by atoms with Crippen molar-refractivity contribution in [3.63, 3.8) is 0 Å². The SMILES string of the molecule is Cc1ccccc1N1CCN(CC(=O)Nc2ccccc2OC(F)F)CC1. The van der Waals surface area contributed by atoms with E-state index in [0.29, 0.717) is 0 Å². The number of anilines is 2. The van der Waals surface area contributed by atoms with Crippen molar-refractivity contribution in [2.75, 3.05) is 42.9 Å². The Labute approximate surface area is 157 Å². The lowest BCUT2D eigenvalue weighted by atomic mass is 10.1. The summed E-state index contributed by atoms with van der Waals surface area (Å²) in [4.78, 5) is 16.7. The van der Waals surface area contributed by atoms with Crippen LogP contribution in [-0.2, 0) is 4.79 Å². The predicted octanol–water partition coefficient (Wildman–Crippen LogP) is 3.36. The summed E-state index contributed by atoms with van der Waals surface area (Å²) in [6, 6.07) is 14.4. The molecule has 0 radical (unpaired) electrons. The summed E-state index contributed by atoms with van der Waals surface area (Å²) in [7, 11) is 0. The lowest BCUT2D eigenvalue weighted by Gasteiger charge is -2.36. The molecule has 0 saturated carbocycles. The zero-order chi connectivity index (χ0) is 19.2. The summed E-state index contributed by atoms with van der Waals surface area (Å²) in [6.07, 6.45) is 0. The number of amides is 1. The van der Waals surface area contributed by atoms with Crippen LogP contribution in [0.15, 0.2) is 48.5 Å². The van der Waals surface area contributed by atoms with Crippen molar-refractivity contribution in [1.29, 1.82) is 0 Å². The fourth-order valence-electron chi connectivity index (χ4n) is 3.23. The molecule has 2 aromatic rings. The van der Waals surface area contributed by atoms with Gasteiger partial charge in [0.25, 0.3) is 0 Å². The van der Waals surface area contributed by atoms with Crippen LogP contribution in [-0.4, -0.2) is 50.1 Å². The fraction of sp³-hybridized carbons (Fsp3) is 0.350. The lowest BCUT2D eigenvalue weighted by Crippen LogP contribution is -2.48. The molecule has 5 nitrogen and oxygen atoms in total. The standard InChI is InChI=1S/C20H23F2N3O2/c1-15-6-2-4-8-17(15)25-12-10-24(11-13-25)14-19(26)23-16-7-3-5-9-18(16)27-20(21)22/h2-9,20H,10-14H2,1H3,(H,23,26). The normalized spacial score (nSPS) is 15.0. The Hall–Kier alpha value is -2.67. The minimum Gasteiger partial charge on any atom is -0.433 e. The zero-order valence-corrected chi connectivity index (χ0v) is 15.2. The maximum absolute atomic E-state index is 12.5. The second kappa shape index (κ2) is 8.81. The van der Waals surface area contributed by atoms with E-state index in [9.17, 15) is 13.6 Å². The topological polar surface area (TPSA) is 44.8 Å². The molecule has 1 aliphatic heterocycles. The maximum Gasteiger partial charge on any atom is 0.387 e. The number of piperazine rings is 1. The monoisotopic (exact) mass is 375 g/mol. The second-order valence-corrected chi connectivity index (χ2v) is 6.47. The number of carbonyl (C=O) groups excluding carboxylic acids is 1. The van der Waals surface area contributed by atoms with Gasteiger partial charge >= 0.3 is 6.61 Å². The maximum atomic E-state index is 12.5. The smallest absolute Gasteiger partial charge is 0.387 e. The van der Waals surface area contributed by atoms with Gasteiger partial charge in [-0.25, -0.2) is 0 Å². The van der Waals surface area contributed by atoms with E-state index in [1.54, 1.807) is 18.2 Å². The van der Waals surface area contributed by atoms with Gasteiger partial charge in [-0.15, -0.1) is 0 Å². The number of aryl methyl sites for hydroxylation is 1. The molecule has 0 aliphatic carbocycles. The average Bonchev–Trinajstić information content (AvgIpc) is 2.64. The number of nitrogens with zero attached hydrogens (tertiary/aromatic N) is 2. The Morgan fingerprint density at radius 2 is 1.74 bits per heavy atom. The van der Waals surface area contributed by atoms with Gasteiger partial charge < -0.3 is 15.0 Å². The van der Waals surface area contributed by atoms with Gasteiger partial charge in [0.15, 0.2) is 0 Å². The van der Waals surface area contributed by atoms with E-state index in [-0.39, 0.29) is 23.9 Å². The van der Waals surface area contributed by atoms with Crippen LogP contribution in [0.5, 0.6) is 5.75 Å². The Kier molecular flexibility index (Phi) is 6.24. The Balaban J connectivity index is 1.52. The van der Waals surface area contributed by atoms with Crippen molar-refractivity contribution in [3.05, 3.63) is 54.1 Å². The Morgan fingerprint density at radius 1 is 1.07 bits per heavy atom. The third kappa shape index (κ3) is 5.17. The first-order chi connectivity index (χ1) is 13.0. The van der Waals surface area contributed by atoms with Gasteiger partial charge in [0, 0.05) is 31.9 Å². The Morgan fingerprint density at radius 3 is 2.44 bits per heavy atom. The molecule has 1 saturated heterocycles. The van der Waals surface area contributed by atoms with E-state index >= 15 is 0 Å². The molecule has 27 heavy (non-hydrogen) atoms. The van der Waals surface area contributed by atoms with Gasteiger partial charge in [-0.1, -0.05) is 30.3 Å². The van der Waals surface area contributed by atoms with Crippen LogP contribution in [0.4, 0.5) is 20.2 Å². The number of halogens is 2. The van der Waals surface area contributed by atoms with Gasteiger partial charge in [-0.2, -0.15) is 8.78 Å². The van der Waals surface area contributed by atoms with Crippen LogP contribution in [0.2, 0.25) is 0 Å². The number of rotatable bonds is 6. The van der Waals surface area contributed by atoms with Gasteiger partial charge in [0.05, 0.1) is 12.2 Å². The summed E-state index contributed by atoms with van der Waals surface area (Å²) in [6.45, 7) is 2.57. The van der Waals surface area contributed by atoms with Crippen LogP contribution in [0.25, 0.3) is 0 Å². The number of para-hydroxylation sites is 3. The first-order valence-electron chi connectivity index (χ1n) is 8.89. The van der Waals surface area contributed by atoms with Crippen LogP contribution in [0.3, 0.4) is 0 Å². The first kappa shape index (κ1) is 19.1. The lowest BCUT2D eigenvalue weighted by molar-refractivity contribution is -0.117. The third-order valence-corrected chi connectivity index (χ3v) is 4.57. The highest BCUT2D eigenvalue weighted by Crippen LogP contribution is 2.25. The highest BCUT2D eigenvalue weighted by atomic mass is 19.3. The molecule has 0 unspecified atom stereocenters.